The van der Waals surface area contributed by atoms with E-state index in [-0.39, 0.29) is 0 Å². The van der Waals surface area contributed by atoms with E-state index in [0.29, 0.717) is 54.4 Å². The first-order valence-corrected chi connectivity index (χ1v) is 7.97. The van der Waals surface area contributed by atoms with Crippen LogP contribution in [-0.2, 0) is 0 Å². The largest absolute Gasteiger partial charge is 0.298 e. The number of hydrogen-bond donors (Lipinski definition) is 3. The van der Waals surface area contributed by atoms with Gasteiger partial charge in [-0.1, -0.05) is 20.8 Å². The quantitative estimate of drug-likeness (QED) is 0.615. The van der Waals surface area contributed by atoms with E-state index in [4.69, 9.17) is 0 Å². The van der Waals surface area contributed by atoms with Crippen LogP contribution in [0.4, 0.5) is 0 Å². The number of rotatable bonds is 0. The minimum absolute atomic E-state index is 0.500. The van der Waals surface area contributed by atoms with Gasteiger partial charge in [-0.3, -0.25) is 20.9 Å². The topological polar surface area (TPSA) is 39.3 Å². The molecule has 3 aliphatic heterocycles. The summed E-state index contributed by atoms with van der Waals surface area (Å²) in [6, 6.07) is 1.73. The molecular weight excluding hydrogens is 236 g/mol. The van der Waals surface area contributed by atoms with Crippen molar-refractivity contribution in [2.45, 2.75) is 78.2 Å². The maximum absolute atomic E-state index is 3.86. The van der Waals surface area contributed by atoms with Crippen molar-refractivity contribution in [2.75, 3.05) is 0 Å². The molecule has 4 nitrogen and oxygen atoms in total. The second-order valence-corrected chi connectivity index (χ2v) is 7.23. The second kappa shape index (κ2) is 4.69. The highest BCUT2D eigenvalue weighted by Crippen LogP contribution is 2.37. The first kappa shape index (κ1) is 13.8. The summed E-state index contributed by atoms with van der Waals surface area (Å²) >= 11 is 0. The van der Waals surface area contributed by atoms with Gasteiger partial charge in [0.2, 0.25) is 0 Å². The molecule has 3 heterocycles. The molecule has 110 valence electrons. The zero-order valence-electron chi connectivity index (χ0n) is 13.1. The fourth-order valence-corrected chi connectivity index (χ4v) is 4.13. The van der Waals surface area contributed by atoms with Crippen molar-refractivity contribution in [3.63, 3.8) is 0 Å². The van der Waals surface area contributed by atoms with Crippen molar-refractivity contribution >= 4 is 0 Å². The third-order valence-corrected chi connectivity index (χ3v) is 6.12. The Hall–Kier alpha value is -0.160. The van der Waals surface area contributed by atoms with Gasteiger partial charge in [0.1, 0.15) is 0 Å². The Morgan fingerprint density at radius 2 is 0.789 bits per heavy atom. The minimum atomic E-state index is 0.500. The molecule has 0 spiro atoms. The van der Waals surface area contributed by atoms with E-state index in [1.54, 1.807) is 0 Å². The minimum Gasteiger partial charge on any atom is -0.298 e. The lowest BCUT2D eigenvalue weighted by Crippen LogP contribution is -2.82. The van der Waals surface area contributed by atoms with Crippen LogP contribution in [0.1, 0.15) is 41.5 Å². The summed E-state index contributed by atoms with van der Waals surface area (Å²) in [6.45, 7) is 14.1. The van der Waals surface area contributed by atoms with Crippen molar-refractivity contribution in [1.82, 2.24) is 20.9 Å². The molecule has 9 unspecified atom stereocenters. The van der Waals surface area contributed by atoms with Crippen molar-refractivity contribution in [3.05, 3.63) is 0 Å². The van der Waals surface area contributed by atoms with Crippen LogP contribution in [0.5, 0.6) is 0 Å². The van der Waals surface area contributed by atoms with Crippen LogP contribution in [0.15, 0.2) is 0 Å². The Kier molecular flexibility index (Phi) is 3.41. The van der Waals surface area contributed by atoms with Gasteiger partial charge in [0, 0.05) is 18.1 Å². The lowest BCUT2D eigenvalue weighted by atomic mass is 9.80. The molecule has 3 aliphatic rings. The lowest BCUT2D eigenvalue weighted by molar-refractivity contribution is -0.146. The van der Waals surface area contributed by atoms with E-state index in [1.807, 2.05) is 0 Å². The lowest BCUT2D eigenvalue weighted by Gasteiger charge is -2.63. The number of nitrogens with zero attached hydrogens (tertiary/aromatic N) is 1. The molecule has 0 radical (unpaired) electrons. The molecule has 0 aliphatic carbocycles. The standard InChI is InChI=1S/C15H30N4/c1-7-10(4)16-14-9(3)12(6)18-15-8(2)11(5)17-13(7)19(14)15/h7-18H,1-6H3. The van der Waals surface area contributed by atoms with Crippen LogP contribution in [0, 0.1) is 17.8 Å². The molecule has 0 aromatic carbocycles. The van der Waals surface area contributed by atoms with Gasteiger partial charge in [-0.2, -0.15) is 0 Å². The van der Waals surface area contributed by atoms with Gasteiger partial charge in [-0.05, 0) is 38.5 Å². The molecule has 19 heavy (non-hydrogen) atoms. The van der Waals surface area contributed by atoms with Crippen LogP contribution >= 0.6 is 0 Å². The van der Waals surface area contributed by atoms with Gasteiger partial charge in [0.05, 0.1) is 18.5 Å². The SMILES string of the molecule is CC1NC2C(C)C(C)NC3C(C)C(C)NC(C1C)N32. The summed E-state index contributed by atoms with van der Waals surface area (Å²) in [5.41, 5.74) is 0. The zero-order chi connectivity index (χ0) is 13.9. The van der Waals surface area contributed by atoms with E-state index >= 15 is 0 Å². The molecular formula is C15H30N4. The van der Waals surface area contributed by atoms with Gasteiger partial charge in [0.15, 0.2) is 0 Å². The van der Waals surface area contributed by atoms with E-state index < -0.39 is 0 Å². The fourth-order valence-electron chi connectivity index (χ4n) is 4.13. The predicted molar refractivity (Wildman–Crippen MR) is 78.5 cm³/mol. The first-order valence-electron chi connectivity index (χ1n) is 7.97. The fraction of sp³-hybridized carbons (Fsp3) is 1.00. The third kappa shape index (κ3) is 1.96. The Morgan fingerprint density at radius 3 is 1.05 bits per heavy atom. The van der Waals surface area contributed by atoms with Gasteiger partial charge in [-0.15, -0.1) is 0 Å². The van der Waals surface area contributed by atoms with Gasteiger partial charge in [0.25, 0.3) is 0 Å². The molecule has 3 N–H and O–H groups in total. The summed E-state index contributed by atoms with van der Waals surface area (Å²) in [6.07, 6.45) is 1.50. The summed E-state index contributed by atoms with van der Waals surface area (Å²) in [5, 5.41) is 11.6. The zero-order valence-corrected chi connectivity index (χ0v) is 13.1. The first-order chi connectivity index (χ1) is 8.91. The molecule has 3 rings (SSSR count). The normalized spacial score (nSPS) is 58.7. The maximum Gasteiger partial charge on any atom is 0.0668 e. The Bertz CT molecular complexity index is 295. The van der Waals surface area contributed by atoms with E-state index in [9.17, 15) is 0 Å². The monoisotopic (exact) mass is 266 g/mol. The molecule has 0 aromatic heterocycles. The van der Waals surface area contributed by atoms with Crippen LogP contribution < -0.4 is 16.0 Å². The Morgan fingerprint density at radius 1 is 0.526 bits per heavy atom. The van der Waals surface area contributed by atoms with Crippen LogP contribution in [-0.4, -0.2) is 41.5 Å². The smallest absolute Gasteiger partial charge is 0.0668 e. The highest BCUT2D eigenvalue weighted by atomic mass is 15.5. The van der Waals surface area contributed by atoms with Gasteiger partial charge < -0.3 is 0 Å². The van der Waals surface area contributed by atoms with Crippen molar-refractivity contribution in [2.24, 2.45) is 17.8 Å². The molecule has 4 heteroatoms. The van der Waals surface area contributed by atoms with Crippen molar-refractivity contribution in [3.8, 4) is 0 Å². The summed E-state index contributed by atoms with van der Waals surface area (Å²) in [4.78, 5) is 2.68. The van der Waals surface area contributed by atoms with Gasteiger partial charge in [-0.25, -0.2) is 0 Å². The van der Waals surface area contributed by atoms with E-state index in [1.165, 1.54) is 0 Å². The van der Waals surface area contributed by atoms with Crippen LogP contribution in [0.25, 0.3) is 0 Å². The number of hydrogen-bond acceptors (Lipinski definition) is 4. The second-order valence-electron chi connectivity index (χ2n) is 7.23. The van der Waals surface area contributed by atoms with Crippen LogP contribution in [0.3, 0.4) is 0 Å². The molecule has 0 saturated carbocycles. The Labute approximate surface area is 117 Å². The summed E-state index contributed by atoms with van der Waals surface area (Å²) in [7, 11) is 0. The summed E-state index contributed by atoms with van der Waals surface area (Å²) < 4.78 is 0. The van der Waals surface area contributed by atoms with Crippen molar-refractivity contribution < 1.29 is 0 Å². The molecule has 0 amide bonds. The van der Waals surface area contributed by atoms with Crippen molar-refractivity contribution in [1.29, 1.82) is 0 Å². The molecule has 3 saturated heterocycles. The number of nitrogens with one attached hydrogen (secondary N) is 3. The van der Waals surface area contributed by atoms with Gasteiger partial charge >= 0.3 is 0 Å². The average Bonchev–Trinajstić information content (AvgIpc) is 2.37. The average molecular weight is 266 g/mol. The summed E-state index contributed by atoms with van der Waals surface area (Å²) in [5.74, 6) is 1.91. The molecule has 0 bridgehead atoms. The predicted octanol–water partition coefficient (Wildman–Crippen LogP) is 1.15. The highest BCUT2D eigenvalue weighted by Gasteiger charge is 2.52. The molecule has 3 fully saturated rings. The highest BCUT2D eigenvalue weighted by molar-refractivity contribution is 5.05. The molecule has 9 atom stereocenters. The van der Waals surface area contributed by atoms with Crippen LogP contribution in [0.2, 0.25) is 0 Å². The maximum atomic E-state index is 3.86. The molecule has 0 aromatic rings. The Balaban J connectivity index is 1.95. The van der Waals surface area contributed by atoms with E-state index in [2.05, 4.69) is 62.4 Å². The third-order valence-electron chi connectivity index (χ3n) is 6.12. The van der Waals surface area contributed by atoms with E-state index in [0.717, 1.165) is 0 Å².